The highest BCUT2D eigenvalue weighted by Crippen LogP contribution is 2.28. The van der Waals surface area contributed by atoms with Crippen molar-refractivity contribution in [3.8, 4) is 5.75 Å². The van der Waals surface area contributed by atoms with Crippen LogP contribution in [0, 0.1) is 0 Å². The minimum absolute atomic E-state index is 0.101. The smallest absolute Gasteiger partial charge is 0.186 e. The quantitative estimate of drug-likeness (QED) is 0.860. The number of hydrogen-bond donors (Lipinski definition) is 1. The fraction of sp³-hybridized carbons (Fsp3) is 0.154. The zero-order chi connectivity index (χ0) is 13.9. The first kappa shape index (κ1) is 13.4. The second kappa shape index (κ2) is 5.27. The maximum Gasteiger partial charge on any atom is 0.186 e. The SMILES string of the molecule is COc1cc(N)ccc1S(=O)(=O)Cc1ccncc1. The number of rotatable bonds is 4. The third-order valence-electron chi connectivity index (χ3n) is 2.63. The van der Waals surface area contributed by atoms with Crippen molar-refractivity contribution in [3.63, 3.8) is 0 Å². The molecule has 0 unspecified atom stereocenters. The van der Waals surface area contributed by atoms with Gasteiger partial charge in [-0.25, -0.2) is 8.42 Å². The number of hydrogen-bond acceptors (Lipinski definition) is 5. The molecule has 5 nitrogen and oxygen atoms in total. The largest absolute Gasteiger partial charge is 0.495 e. The summed E-state index contributed by atoms with van der Waals surface area (Å²) in [5, 5.41) is 0. The molecule has 1 heterocycles. The lowest BCUT2D eigenvalue weighted by Crippen LogP contribution is -2.07. The second-order valence-corrected chi connectivity index (χ2v) is 5.98. The van der Waals surface area contributed by atoms with Crippen LogP contribution in [0.4, 0.5) is 5.69 Å². The zero-order valence-electron chi connectivity index (χ0n) is 10.4. The summed E-state index contributed by atoms with van der Waals surface area (Å²) in [4.78, 5) is 4.00. The van der Waals surface area contributed by atoms with Gasteiger partial charge in [-0.05, 0) is 29.8 Å². The first-order valence-corrected chi connectivity index (χ1v) is 7.23. The molecule has 0 aliphatic heterocycles. The number of methoxy groups -OCH3 is 1. The minimum atomic E-state index is -3.48. The molecule has 0 aliphatic carbocycles. The van der Waals surface area contributed by atoms with Crippen molar-refractivity contribution in [1.29, 1.82) is 0 Å². The van der Waals surface area contributed by atoms with Crippen molar-refractivity contribution in [2.24, 2.45) is 0 Å². The van der Waals surface area contributed by atoms with E-state index in [1.54, 1.807) is 30.6 Å². The van der Waals surface area contributed by atoms with E-state index in [0.717, 1.165) is 0 Å². The normalized spacial score (nSPS) is 11.2. The lowest BCUT2D eigenvalue weighted by atomic mass is 10.3. The molecule has 2 rings (SSSR count). The molecular weight excluding hydrogens is 264 g/mol. The summed E-state index contributed by atoms with van der Waals surface area (Å²) in [5.41, 5.74) is 6.75. The lowest BCUT2D eigenvalue weighted by molar-refractivity contribution is 0.403. The van der Waals surface area contributed by atoms with Crippen LogP contribution < -0.4 is 10.5 Å². The van der Waals surface area contributed by atoms with Crippen molar-refractivity contribution in [2.75, 3.05) is 12.8 Å². The van der Waals surface area contributed by atoms with Crippen molar-refractivity contribution in [2.45, 2.75) is 10.6 Å². The number of nitrogen functional groups attached to an aromatic ring is 1. The van der Waals surface area contributed by atoms with Gasteiger partial charge in [0.05, 0.1) is 12.9 Å². The second-order valence-electron chi connectivity index (χ2n) is 4.02. The zero-order valence-corrected chi connectivity index (χ0v) is 11.2. The van der Waals surface area contributed by atoms with Crippen LogP contribution in [0.2, 0.25) is 0 Å². The Kier molecular flexibility index (Phi) is 3.71. The van der Waals surface area contributed by atoms with E-state index in [-0.39, 0.29) is 16.4 Å². The van der Waals surface area contributed by atoms with E-state index in [9.17, 15) is 8.42 Å². The summed E-state index contributed by atoms with van der Waals surface area (Å²) >= 11 is 0. The van der Waals surface area contributed by atoms with E-state index < -0.39 is 9.84 Å². The number of nitrogens with zero attached hydrogens (tertiary/aromatic N) is 1. The Labute approximate surface area is 112 Å². The number of ether oxygens (including phenoxy) is 1. The van der Waals surface area contributed by atoms with E-state index in [1.807, 2.05) is 0 Å². The molecule has 0 fully saturated rings. The van der Waals surface area contributed by atoms with Gasteiger partial charge in [-0.3, -0.25) is 4.98 Å². The van der Waals surface area contributed by atoms with Gasteiger partial charge in [-0.1, -0.05) is 0 Å². The van der Waals surface area contributed by atoms with Crippen LogP contribution in [-0.2, 0) is 15.6 Å². The van der Waals surface area contributed by atoms with Gasteiger partial charge in [0.15, 0.2) is 9.84 Å². The van der Waals surface area contributed by atoms with Gasteiger partial charge in [0.1, 0.15) is 10.6 Å². The maximum absolute atomic E-state index is 12.4. The van der Waals surface area contributed by atoms with Crippen LogP contribution in [0.1, 0.15) is 5.56 Å². The summed E-state index contributed by atoms with van der Waals surface area (Å²) in [6.45, 7) is 0. The predicted octanol–water partition coefficient (Wildman–Crippen LogP) is 1.65. The molecule has 2 aromatic rings. The monoisotopic (exact) mass is 278 g/mol. The van der Waals surface area contributed by atoms with Gasteiger partial charge in [-0.2, -0.15) is 0 Å². The van der Waals surface area contributed by atoms with Crippen LogP contribution >= 0.6 is 0 Å². The van der Waals surface area contributed by atoms with Crippen LogP contribution in [0.15, 0.2) is 47.6 Å². The topological polar surface area (TPSA) is 82.3 Å². The van der Waals surface area contributed by atoms with E-state index in [4.69, 9.17) is 10.5 Å². The summed E-state index contributed by atoms with van der Waals surface area (Å²) in [7, 11) is -2.06. The molecule has 0 saturated heterocycles. The van der Waals surface area contributed by atoms with E-state index >= 15 is 0 Å². The number of aromatic nitrogens is 1. The number of pyridine rings is 1. The maximum atomic E-state index is 12.4. The standard InChI is InChI=1S/C13H14N2O3S/c1-18-12-8-11(14)2-3-13(12)19(16,17)9-10-4-6-15-7-5-10/h2-8H,9,14H2,1H3. The molecule has 19 heavy (non-hydrogen) atoms. The highest BCUT2D eigenvalue weighted by atomic mass is 32.2. The Morgan fingerprint density at radius 2 is 1.89 bits per heavy atom. The Hall–Kier alpha value is -2.08. The molecular formula is C13H14N2O3S. The molecule has 2 N–H and O–H groups in total. The Morgan fingerprint density at radius 3 is 2.53 bits per heavy atom. The summed E-state index contributed by atoms with van der Waals surface area (Å²) in [5.74, 6) is 0.157. The van der Waals surface area contributed by atoms with Gasteiger partial charge >= 0.3 is 0 Å². The Balaban J connectivity index is 2.40. The van der Waals surface area contributed by atoms with Crippen LogP contribution in [0.25, 0.3) is 0 Å². The van der Waals surface area contributed by atoms with Crippen LogP contribution in [0.5, 0.6) is 5.75 Å². The average molecular weight is 278 g/mol. The van der Waals surface area contributed by atoms with Gasteiger partial charge < -0.3 is 10.5 Å². The van der Waals surface area contributed by atoms with Crippen molar-refractivity contribution >= 4 is 15.5 Å². The fourth-order valence-electron chi connectivity index (χ4n) is 1.72. The summed E-state index contributed by atoms with van der Waals surface area (Å²) < 4.78 is 29.8. The average Bonchev–Trinajstić information content (AvgIpc) is 2.38. The highest BCUT2D eigenvalue weighted by molar-refractivity contribution is 7.90. The molecule has 6 heteroatoms. The Bertz CT molecular complexity index is 670. The summed E-state index contributed by atoms with van der Waals surface area (Å²) in [6.07, 6.45) is 3.12. The summed E-state index contributed by atoms with van der Waals surface area (Å²) in [6, 6.07) is 7.84. The molecule has 1 aromatic heterocycles. The number of sulfone groups is 1. The van der Waals surface area contributed by atoms with Gasteiger partial charge in [0, 0.05) is 24.1 Å². The van der Waals surface area contributed by atoms with Crippen molar-refractivity contribution < 1.29 is 13.2 Å². The molecule has 0 amide bonds. The van der Waals surface area contributed by atoms with Gasteiger partial charge in [-0.15, -0.1) is 0 Å². The minimum Gasteiger partial charge on any atom is -0.495 e. The van der Waals surface area contributed by atoms with Gasteiger partial charge in [0.2, 0.25) is 0 Å². The predicted molar refractivity (Wildman–Crippen MR) is 72.5 cm³/mol. The molecule has 0 atom stereocenters. The number of nitrogens with two attached hydrogens (primary N) is 1. The molecule has 0 spiro atoms. The molecule has 0 radical (unpaired) electrons. The third kappa shape index (κ3) is 3.03. The third-order valence-corrected chi connectivity index (χ3v) is 4.35. The first-order valence-electron chi connectivity index (χ1n) is 5.58. The van der Waals surface area contributed by atoms with Crippen molar-refractivity contribution in [3.05, 3.63) is 48.3 Å². The molecule has 0 bridgehead atoms. The van der Waals surface area contributed by atoms with E-state index in [2.05, 4.69) is 4.98 Å². The lowest BCUT2D eigenvalue weighted by Gasteiger charge is -2.10. The van der Waals surface area contributed by atoms with Crippen molar-refractivity contribution in [1.82, 2.24) is 4.98 Å². The van der Waals surface area contributed by atoms with Crippen LogP contribution in [-0.4, -0.2) is 20.5 Å². The van der Waals surface area contributed by atoms with E-state index in [0.29, 0.717) is 11.3 Å². The van der Waals surface area contributed by atoms with E-state index in [1.165, 1.54) is 19.2 Å². The molecule has 100 valence electrons. The highest BCUT2D eigenvalue weighted by Gasteiger charge is 2.20. The number of anilines is 1. The fourth-order valence-corrected chi connectivity index (χ4v) is 3.23. The molecule has 0 aliphatic rings. The Morgan fingerprint density at radius 1 is 1.21 bits per heavy atom. The molecule has 0 saturated carbocycles. The first-order chi connectivity index (χ1) is 9.03. The molecule has 1 aromatic carbocycles. The number of benzene rings is 1. The van der Waals surface area contributed by atoms with Crippen LogP contribution in [0.3, 0.4) is 0 Å². The van der Waals surface area contributed by atoms with Gasteiger partial charge in [0.25, 0.3) is 0 Å².